The number of aryl methyl sites for hydroxylation is 1. The minimum Gasteiger partial charge on any atom is -0.493 e. The molecule has 0 amide bonds. The number of rotatable bonds is 3. The Morgan fingerprint density at radius 1 is 1.33 bits per heavy atom. The fraction of sp³-hybridized carbons (Fsp3) is 0.182. The summed E-state index contributed by atoms with van der Waals surface area (Å²) in [5.74, 6) is -2.08. The molecule has 0 saturated heterocycles. The lowest BCUT2D eigenvalue weighted by atomic mass is 10.3. The van der Waals surface area contributed by atoms with Gasteiger partial charge in [-0.25, -0.2) is 14.4 Å². The Hall–Kier alpha value is -1.76. The van der Waals surface area contributed by atoms with Crippen molar-refractivity contribution in [2.24, 2.45) is 0 Å². The van der Waals surface area contributed by atoms with Crippen LogP contribution in [0.4, 0.5) is 8.78 Å². The van der Waals surface area contributed by atoms with E-state index in [0.717, 1.165) is 11.8 Å². The number of nitrogens with zero attached hydrogens (tertiary/aromatic N) is 3. The second-order valence-corrected chi connectivity index (χ2v) is 4.46. The maximum absolute atomic E-state index is 13.3. The summed E-state index contributed by atoms with van der Waals surface area (Å²) in [7, 11) is 0. The van der Waals surface area contributed by atoms with Crippen molar-refractivity contribution in [1.82, 2.24) is 15.0 Å². The van der Waals surface area contributed by atoms with E-state index in [1.807, 2.05) is 0 Å². The second-order valence-electron chi connectivity index (χ2n) is 3.51. The van der Waals surface area contributed by atoms with Gasteiger partial charge in [-0.2, -0.15) is 9.37 Å². The quantitative estimate of drug-likeness (QED) is 0.527. The molecule has 0 aliphatic carbocycles. The zero-order valence-corrected chi connectivity index (χ0v) is 10.2. The van der Waals surface area contributed by atoms with E-state index in [4.69, 9.17) is 0 Å². The molecular formula is C11H9F2N3OS. The van der Waals surface area contributed by atoms with Crippen LogP contribution in [-0.2, 0) is 5.75 Å². The van der Waals surface area contributed by atoms with Crippen LogP contribution in [-0.4, -0.2) is 20.1 Å². The normalized spacial score (nSPS) is 10.6. The van der Waals surface area contributed by atoms with E-state index in [9.17, 15) is 13.9 Å². The van der Waals surface area contributed by atoms with Crippen LogP contribution in [0.2, 0.25) is 0 Å². The Morgan fingerprint density at radius 3 is 2.83 bits per heavy atom. The summed E-state index contributed by atoms with van der Waals surface area (Å²) in [5.41, 5.74) is 0.781. The summed E-state index contributed by atoms with van der Waals surface area (Å²) in [6.07, 6.45) is 1.20. The third-order valence-electron chi connectivity index (χ3n) is 2.10. The predicted octanol–water partition coefficient (Wildman–Crippen LogP) is 2.46. The summed E-state index contributed by atoms with van der Waals surface area (Å²) in [6, 6.07) is 2.80. The van der Waals surface area contributed by atoms with Gasteiger partial charge in [0.25, 0.3) is 0 Å². The third kappa shape index (κ3) is 2.92. The van der Waals surface area contributed by atoms with Gasteiger partial charge in [0.05, 0.1) is 0 Å². The zero-order valence-electron chi connectivity index (χ0n) is 9.39. The van der Waals surface area contributed by atoms with Gasteiger partial charge in [0.15, 0.2) is 11.0 Å². The highest BCUT2D eigenvalue weighted by Crippen LogP contribution is 2.23. The number of halogens is 2. The molecule has 0 bridgehead atoms. The molecule has 0 aliphatic heterocycles. The highest BCUT2D eigenvalue weighted by molar-refractivity contribution is 7.98. The molecule has 18 heavy (non-hydrogen) atoms. The van der Waals surface area contributed by atoms with Gasteiger partial charge < -0.3 is 5.11 Å². The van der Waals surface area contributed by atoms with E-state index in [-0.39, 0.29) is 17.2 Å². The Labute approximate surface area is 106 Å². The molecule has 0 saturated carbocycles. The van der Waals surface area contributed by atoms with Crippen molar-refractivity contribution < 1.29 is 13.9 Å². The summed E-state index contributed by atoms with van der Waals surface area (Å²) in [5, 5.41) is 9.59. The maximum Gasteiger partial charge on any atom is 0.249 e. The number of aromatic nitrogens is 3. The van der Waals surface area contributed by atoms with Crippen molar-refractivity contribution in [3.05, 3.63) is 41.4 Å². The average Bonchev–Trinajstić information content (AvgIpc) is 2.30. The largest absolute Gasteiger partial charge is 0.493 e. The van der Waals surface area contributed by atoms with E-state index in [1.54, 1.807) is 6.92 Å². The minimum atomic E-state index is -1.12. The Balaban J connectivity index is 2.14. The van der Waals surface area contributed by atoms with Gasteiger partial charge in [0, 0.05) is 29.3 Å². The van der Waals surface area contributed by atoms with Crippen molar-refractivity contribution in [3.8, 4) is 5.88 Å². The Bertz CT molecular complexity index is 560. The van der Waals surface area contributed by atoms with Crippen molar-refractivity contribution in [2.75, 3.05) is 0 Å². The molecule has 1 N–H and O–H groups in total. The van der Waals surface area contributed by atoms with Crippen LogP contribution in [0.1, 0.15) is 11.3 Å². The van der Waals surface area contributed by atoms with Crippen LogP contribution < -0.4 is 0 Å². The lowest BCUT2D eigenvalue weighted by Crippen LogP contribution is -1.96. The monoisotopic (exact) mass is 269 g/mol. The molecule has 0 atom stereocenters. The first-order valence-electron chi connectivity index (χ1n) is 5.02. The molecule has 94 valence electrons. The molecular weight excluding hydrogens is 260 g/mol. The van der Waals surface area contributed by atoms with Gasteiger partial charge in [0.2, 0.25) is 11.8 Å². The molecule has 2 rings (SSSR count). The van der Waals surface area contributed by atoms with Crippen LogP contribution in [0.3, 0.4) is 0 Å². The van der Waals surface area contributed by atoms with E-state index in [0.29, 0.717) is 10.9 Å². The van der Waals surface area contributed by atoms with Crippen molar-refractivity contribution in [1.29, 1.82) is 0 Å². The Kier molecular flexibility index (Phi) is 3.71. The fourth-order valence-corrected chi connectivity index (χ4v) is 2.17. The number of hydrogen-bond acceptors (Lipinski definition) is 5. The molecule has 0 spiro atoms. The summed E-state index contributed by atoms with van der Waals surface area (Å²) >= 11 is 1.11. The van der Waals surface area contributed by atoms with E-state index >= 15 is 0 Å². The summed E-state index contributed by atoms with van der Waals surface area (Å²) in [6.45, 7) is 1.71. The highest BCUT2D eigenvalue weighted by atomic mass is 32.2. The molecule has 0 aliphatic rings. The standard InChI is InChI=1S/C11H9F2N3OS/c1-6-4-8(17)16-11(15-6)18-5-7-2-3-14-10(13)9(7)12/h2-4H,5H2,1H3,(H,15,16,17). The lowest BCUT2D eigenvalue weighted by molar-refractivity contribution is 0.444. The van der Waals surface area contributed by atoms with Gasteiger partial charge >= 0.3 is 0 Å². The first kappa shape index (κ1) is 12.7. The fourth-order valence-electron chi connectivity index (χ4n) is 1.30. The number of hydrogen-bond donors (Lipinski definition) is 1. The van der Waals surface area contributed by atoms with Crippen LogP contribution in [0.25, 0.3) is 0 Å². The molecule has 0 unspecified atom stereocenters. The predicted molar refractivity (Wildman–Crippen MR) is 62.1 cm³/mol. The average molecular weight is 269 g/mol. The van der Waals surface area contributed by atoms with Gasteiger partial charge in [-0.05, 0) is 13.0 Å². The van der Waals surface area contributed by atoms with Crippen molar-refractivity contribution in [2.45, 2.75) is 17.8 Å². The number of thioether (sulfide) groups is 1. The van der Waals surface area contributed by atoms with Gasteiger partial charge in [-0.1, -0.05) is 11.8 Å². The zero-order chi connectivity index (χ0) is 13.1. The van der Waals surface area contributed by atoms with E-state index in [2.05, 4.69) is 15.0 Å². The first-order valence-corrected chi connectivity index (χ1v) is 6.01. The molecule has 7 heteroatoms. The third-order valence-corrected chi connectivity index (χ3v) is 3.00. The SMILES string of the molecule is Cc1cc(O)nc(SCc2ccnc(F)c2F)n1. The molecule has 0 aromatic carbocycles. The first-order chi connectivity index (χ1) is 8.56. The number of aromatic hydroxyl groups is 1. The van der Waals surface area contributed by atoms with Gasteiger partial charge in [-0.15, -0.1) is 0 Å². The van der Waals surface area contributed by atoms with Crippen molar-refractivity contribution in [3.63, 3.8) is 0 Å². The van der Waals surface area contributed by atoms with Crippen LogP contribution in [0.15, 0.2) is 23.5 Å². The molecule has 0 radical (unpaired) electrons. The van der Waals surface area contributed by atoms with E-state index < -0.39 is 11.8 Å². The highest BCUT2D eigenvalue weighted by Gasteiger charge is 2.10. The molecule has 4 nitrogen and oxygen atoms in total. The van der Waals surface area contributed by atoms with Crippen LogP contribution in [0, 0.1) is 18.7 Å². The lowest BCUT2D eigenvalue weighted by Gasteiger charge is -2.03. The van der Waals surface area contributed by atoms with Crippen LogP contribution in [0.5, 0.6) is 5.88 Å². The Morgan fingerprint density at radius 2 is 2.11 bits per heavy atom. The smallest absolute Gasteiger partial charge is 0.249 e. The van der Waals surface area contributed by atoms with E-state index in [1.165, 1.54) is 18.3 Å². The van der Waals surface area contributed by atoms with Gasteiger partial charge in [-0.3, -0.25) is 0 Å². The van der Waals surface area contributed by atoms with Crippen molar-refractivity contribution >= 4 is 11.8 Å². The summed E-state index contributed by atoms with van der Waals surface area (Å²) in [4.78, 5) is 11.0. The van der Waals surface area contributed by atoms with Gasteiger partial charge in [0.1, 0.15) is 0 Å². The molecule has 2 aromatic rings. The molecule has 2 heterocycles. The summed E-state index contributed by atoms with van der Waals surface area (Å²) < 4.78 is 26.2. The second kappa shape index (κ2) is 5.26. The van der Waals surface area contributed by atoms with Crippen LogP contribution >= 0.6 is 11.8 Å². The maximum atomic E-state index is 13.3. The minimum absolute atomic E-state index is 0.147. The molecule has 2 aromatic heterocycles. The number of pyridine rings is 1. The topological polar surface area (TPSA) is 58.9 Å². The molecule has 0 fully saturated rings.